The Labute approximate surface area is 160 Å². The first-order valence-electron chi connectivity index (χ1n) is 8.22. The molecule has 3 rings (SSSR count). The number of aromatic nitrogens is 6. The molecule has 0 aliphatic heterocycles. The van der Waals surface area contributed by atoms with Crippen molar-refractivity contribution in [1.29, 1.82) is 0 Å². The smallest absolute Gasteiger partial charge is 0.276 e. The van der Waals surface area contributed by atoms with Gasteiger partial charge in [-0.15, -0.1) is 0 Å². The zero-order valence-electron chi connectivity index (χ0n) is 15.1. The fourth-order valence-corrected chi connectivity index (χ4v) is 2.68. The molecule has 0 fully saturated rings. The highest BCUT2D eigenvalue weighted by atomic mass is 35.5. The normalized spacial score (nSPS) is 10.8. The molecule has 11 heteroatoms. The number of rotatable bonds is 6. The second kappa shape index (κ2) is 7.62. The van der Waals surface area contributed by atoms with Crippen molar-refractivity contribution >= 4 is 34.8 Å². The van der Waals surface area contributed by atoms with Gasteiger partial charge in [0.05, 0.1) is 40.7 Å². The highest BCUT2D eigenvalue weighted by molar-refractivity contribution is 6.30. The zero-order chi connectivity index (χ0) is 19.6. The van der Waals surface area contributed by atoms with Gasteiger partial charge in [0.1, 0.15) is 12.2 Å². The van der Waals surface area contributed by atoms with E-state index in [2.05, 4.69) is 25.9 Å². The zero-order valence-corrected chi connectivity index (χ0v) is 15.9. The van der Waals surface area contributed by atoms with Gasteiger partial charge in [0, 0.05) is 19.8 Å². The Morgan fingerprint density at radius 3 is 2.44 bits per heavy atom. The Morgan fingerprint density at radius 2 is 1.85 bits per heavy atom. The Balaban J connectivity index is 1.78. The summed E-state index contributed by atoms with van der Waals surface area (Å²) in [5, 5.41) is 18.2. The van der Waals surface area contributed by atoms with Gasteiger partial charge in [-0.05, 0) is 13.8 Å². The van der Waals surface area contributed by atoms with Gasteiger partial charge in [-0.3, -0.25) is 23.6 Å². The van der Waals surface area contributed by atoms with Gasteiger partial charge < -0.3 is 10.6 Å². The molecule has 10 nitrogen and oxygen atoms in total. The number of nitrogens with zero attached hydrogens (tertiary/aromatic N) is 6. The first-order chi connectivity index (χ1) is 12.9. The van der Waals surface area contributed by atoms with Crippen LogP contribution in [0.3, 0.4) is 0 Å². The Bertz CT molecular complexity index is 987. The number of hydrogen-bond acceptors (Lipinski definition) is 5. The van der Waals surface area contributed by atoms with E-state index in [0.717, 1.165) is 5.69 Å². The predicted molar refractivity (Wildman–Crippen MR) is 99.7 cm³/mol. The van der Waals surface area contributed by atoms with Crippen LogP contribution in [0.5, 0.6) is 0 Å². The molecular formula is C16H19ClN8O2. The summed E-state index contributed by atoms with van der Waals surface area (Å²) in [6.45, 7) is 4.14. The van der Waals surface area contributed by atoms with Gasteiger partial charge in [0.15, 0.2) is 0 Å². The van der Waals surface area contributed by atoms with E-state index in [0.29, 0.717) is 22.9 Å². The summed E-state index contributed by atoms with van der Waals surface area (Å²) in [5.74, 6) is -0.736. The molecule has 27 heavy (non-hydrogen) atoms. The number of halogens is 1. The van der Waals surface area contributed by atoms with Crippen LogP contribution in [0.2, 0.25) is 5.02 Å². The van der Waals surface area contributed by atoms with Crippen LogP contribution < -0.4 is 10.6 Å². The molecule has 0 saturated carbocycles. The van der Waals surface area contributed by atoms with Crippen LogP contribution >= 0.6 is 11.6 Å². The summed E-state index contributed by atoms with van der Waals surface area (Å²) in [4.78, 5) is 25.1. The van der Waals surface area contributed by atoms with Gasteiger partial charge >= 0.3 is 0 Å². The minimum absolute atomic E-state index is 0.0349. The fraction of sp³-hybridized carbons (Fsp3) is 0.312. The van der Waals surface area contributed by atoms with E-state index in [1.54, 1.807) is 17.9 Å². The van der Waals surface area contributed by atoms with Crippen molar-refractivity contribution in [2.24, 2.45) is 7.05 Å². The van der Waals surface area contributed by atoms with E-state index in [9.17, 15) is 9.59 Å². The van der Waals surface area contributed by atoms with Crippen molar-refractivity contribution < 1.29 is 9.59 Å². The lowest BCUT2D eigenvalue weighted by Crippen LogP contribution is -2.23. The SMILES string of the molecule is CCn1ncc(NC(=O)Cn2cc(Cl)cn2)c1C(=O)Nc1cnn(C)c1C. The summed E-state index contributed by atoms with van der Waals surface area (Å²) in [6, 6.07) is 0. The molecule has 0 saturated heterocycles. The summed E-state index contributed by atoms with van der Waals surface area (Å²) < 4.78 is 4.58. The molecule has 0 spiro atoms. The third-order valence-electron chi connectivity index (χ3n) is 4.02. The lowest BCUT2D eigenvalue weighted by atomic mass is 10.3. The second-order valence-corrected chi connectivity index (χ2v) is 6.28. The fourth-order valence-electron chi connectivity index (χ4n) is 2.52. The molecule has 3 aromatic heterocycles. The van der Waals surface area contributed by atoms with Crippen molar-refractivity contribution in [3.05, 3.63) is 41.2 Å². The van der Waals surface area contributed by atoms with Gasteiger partial charge in [-0.1, -0.05) is 11.6 Å². The van der Waals surface area contributed by atoms with Crippen LogP contribution in [0, 0.1) is 6.92 Å². The number of carbonyl (C=O) groups excluding carboxylic acids is 2. The molecule has 2 N–H and O–H groups in total. The van der Waals surface area contributed by atoms with Crippen LogP contribution in [0.1, 0.15) is 23.1 Å². The number of carbonyl (C=O) groups is 2. The second-order valence-electron chi connectivity index (χ2n) is 5.85. The maximum absolute atomic E-state index is 12.8. The maximum atomic E-state index is 12.8. The summed E-state index contributed by atoms with van der Waals surface area (Å²) >= 11 is 5.80. The lowest BCUT2D eigenvalue weighted by molar-refractivity contribution is -0.116. The highest BCUT2D eigenvalue weighted by Gasteiger charge is 2.21. The standard InChI is InChI=1S/C16H19ClN8O2/c1-4-25-15(16(27)22-12-6-18-23(3)10(12)2)13(7-20-25)21-14(26)9-24-8-11(17)5-19-24/h5-8H,4,9H2,1-3H3,(H,21,26)(H,22,27). The summed E-state index contributed by atoms with van der Waals surface area (Å²) in [6.07, 6.45) is 6.00. The van der Waals surface area contributed by atoms with E-state index >= 15 is 0 Å². The number of aryl methyl sites for hydroxylation is 2. The molecule has 3 heterocycles. The van der Waals surface area contributed by atoms with E-state index in [1.807, 2.05) is 13.8 Å². The van der Waals surface area contributed by atoms with Gasteiger partial charge in [-0.25, -0.2) is 0 Å². The van der Waals surface area contributed by atoms with Crippen LogP contribution in [0.4, 0.5) is 11.4 Å². The van der Waals surface area contributed by atoms with Crippen LogP contribution in [-0.4, -0.2) is 41.2 Å². The molecule has 142 valence electrons. The molecule has 0 aliphatic rings. The third-order valence-corrected chi connectivity index (χ3v) is 4.21. The minimum Gasteiger partial charge on any atom is -0.321 e. The number of hydrogen-bond donors (Lipinski definition) is 2. The van der Waals surface area contributed by atoms with Crippen molar-refractivity contribution in [3.63, 3.8) is 0 Å². The number of nitrogens with one attached hydrogen (secondary N) is 2. The Hall–Kier alpha value is -3.14. The van der Waals surface area contributed by atoms with E-state index in [-0.39, 0.29) is 24.1 Å². The summed E-state index contributed by atoms with van der Waals surface area (Å²) in [7, 11) is 1.79. The van der Waals surface area contributed by atoms with Gasteiger partial charge in [0.25, 0.3) is 5.91 Å². The third kappa shape index (κ3) is 4.00. The molecule has 2 amide bonds. The molecular weight excluding hydrogens is 372 g/mol. The van der Waals surface area contributed by atoms with Crippen LogP contribution in [0.15, 0.2) is 24.8 Å². The highest BCUT2D eigenvalue weighted by Crippen LogP contribution is 2.19. The predicted octanol–water partition coefficient (Wildman–Crippen LogP) is 1.69. The lowest BCUT2D eigenvalue weighted by Gasteiger charge is -2.10. The number of anilines is 2. The molecule has 0 radical (unpaired) electrons. The molecule has 0 atom stereocenters. The topological polar surface area (TPSA) is 112 Å². The summed E-state index contributed by atoms with van der Waals surface area (Å²) in [5.41, 5.74) is 1.98. The molecule has 0 aliphatic carbocycles. The molecule has 3 aromatic rings. The number of amides is 2. The first kappa shape index (κ1) is 18.6. The van der Waals surface area contributed by atoms with Crippen molar-refractivity contribution in [1.82, 2.24) is 29.3 Å². The van der Waals surface area contributed by atoms with Crippen LogP contribution in [0.25, 0.3) is 0 Å². The minimum atomic E-state index is -0.386. The van der Waals surface area contributed by atoms with Crippen molar-refractivity contribution in [2.45, 2.75) is 26.9 Å². The van der Waals surface area contributed by atoms with Crippen molar-refractivity contribution in [2.75, 3.05) is 10.6 Å². The Morgan fingerprint density at radius 1 is 1.11 bits per heavy atom. The molecule has 0 unspecified atom stereocenters. The average molecular weight is 391 g/mol. The van der Waals surface area contributed by atoms with Gasteiger partial charge in [-0.2, -0.15) is 15.3 Å². The monoisotopic (exact) mass is 390 g/mol. The van der Waals surface area contributed by atoms with Gasteiger partial charge in [0.2, 0.25) is 5.91 Å². The van der Waals surface area contributed by atoms with E-state index in [4.69, 9.17) is 11.6 Å². The largest absolute Gasteiger partial charge is 0.321 e. The first-order valence-corrected chi connectivity index (χ1v) is 8.60. The van der Waals surface area contributed by atoms with E-state index in [1.165, 1.54) is 28.0 Å². The van der Waals surface area contributed by atoms with E-state index < -0.39 is 0 Å². The quantitative estimate of drug-likeness (QED) is 0.665. The maximum Gasteiger partial charge on any atom is 0.276 e. The Kier molecular flexibility index (Phi) is 5.26. The van der Waals surface area contributed by atoms with Crippen LogP contribution in [-0.2, 0) is 24.9 Å². The molecule has 0 bridgehead atoms. The average Bonchev–Trinajstić information content (AvgIpc) is 3.30. The van der Waals surface area contributed by atoms with Crippen molar-refractivity contribution in [3.8, 4) is 0 Å². The molecule has 0 aromatic carbocycles.